The van der Waals surface area contributed by atoms with Gasteiger partial charge in [-0.25, -0.2) is 4.79 Å². The molecule has 0 radical (unpaired) electrons. The first-order valence-corrected chi connectivity index (χ1v) is 11.0. The zero-order valence-electron chi connectivity index (χ0n) is 17.4. The number of piperidine rings is 1. The molecule has 0 bridgehead atoms. The van der Waals surface area contributed by atoms with Crippen LogP contribution >= 0.6 is 11.6 Å². The van der Waals surface area contributed by atoms with Crippen molar-refractivity contribution < 1.29 is 14.3 Å². The van der Waals surface area contributed by atoms with Gasteiger partial charge in [-0.15, -0.1) is 0 Å². The molecule has 1 amide bonds. The van der Waals surface area contributed by atoms with Gasteiger partial charge in [0.05, 0.1) is 12.2 Å². The fourth-order valence-corrected chi connectivity index (χ4v) is 3.74. The molecule has 1 N–H and O–H groups in total. The summed E-state index contributed by atoms with van der Waals surface area (Å²) in [7, 11) is 0. The number of unbranched alkanes of at least 4 members (excludes halogenated alkanes) is 1. The van der Waals surface area contributed by atoms with E-state index < -0.39 is 0 Å². The Kier molecular flexibility index (Phi) is 8.29. The minimum Gasteiger partial charge on any atom is -0.462 e. The van der Waals surface area contributed by atoms with Gasteiger partial charge >= 0.3 is 5.97 Å². The highest BCUT2D eigenvalue weighted by molar-refractivity contribution is 6.31. The molecule has 2 aromatic rings. The van der Waals surface area contributed by atoms with Crippen LogP contribution in [0.3, 0.4) is 0 Å². The second kappa shape index (κ2) is 11.1. The monoisotopic (exact) mass is 428 g/mol. The van der Waals surface area contributed by atoms with Crippen LogP contribution in [0.2, 0.25) is 5.02 Å². The molecule has 0 spiro atoms. The smallest absolute Gasteiger partial charge is 0.338 e. The average molecular weight is 429 g/mol. The summed E-state index contributed by atoms with van der Waals surface area (Å²) in [6.07, 6.45) is 3.48. The van der Waals surface area contributed by atoms with Gasteiger partial charge in [0.15, 0.2) is 0 Å². The van der Waals surface area contributed by atoms with Gasteiger partial charge in [0, 0.05) is 23.2 Å². The number of amides is 1. The van der Waals surface area contributed by atoms with E-state index in [4.69, 9.17) is 16.3 Å². The molecule has 3 rings (SSSR count). The number of hydrogen-bond donors (Lipinski definition) is 1. The summed E-state index contributed by atoms with van der Waals surface area (Å²) in [6, 6.07) is 14.8. The molecule has 1 saturated heterocycles. The molecule has 1 aliphatic rings. The van der Waals surface area contributed by atoms with E-state index in [0.717, 1.165) is 55.9 Å². The number of likely N-dealkylation sites (tertiary alicyclic amines) is 1. The molecule has 5 nitrogen and oxygen atoms in total. The first-order chi connectivity index (χ1) is 14.6. The van der Waals surface area contributed by atoms with E-state index >= 15 is 0 Å². The molecule has 1 fully saturated rings. The Morgan fingerprint density at radius 1 is 1.10 bits per heavy atom. The minimum absolute atomic E-state index is 0.00817. The van der Waals surface area contributed by atoms with Crippen LogP contribution in [0.25, 0.3) is 0 Å². The van der Waals surface area contributed by atoms with Gasteiger partial charge < -0.3 is 10.1 Å². The Bertz CT molecular complexity index is 846. The lowest BCUT2D eigenvalue weighted by molar-refractivity contribution is -0.121. The molecule has 30 heavy (non-hydrogen) atoms. The van der Waals surface area contributed by atoms with E-state index in [9.17, 15) is 9.59 Å². The zero-order chi connectivity index (χ0) is 21.3. The highest BCUT2D eigenvalue weighted by Gasteiger charge is 2.25. The fourth-order valence-electron chi connectivity index (χ4n) is 3.55. The summed E-state index contributed by atoms with van der Waals surface area (Å²) in [5, 5.41) is 3.76. The lowest BCUT2D eigenvalue weighted by Gasteiger charge is -2.31. The van der Waals surface area contributed by atoms with Gasteiger partial charge in [-0.05, 0) is 68.2 Å². The van der Waals surface area contributed by atoms with Crippen molar-refractivity contribution in [2.45, 2.75) is 39.2 Å². The zero-order valence-corrected chi connectivity index (χ0v) is 18.2. The molecule has 1 aliphatic heterocycles. The van der Waals surface area contributed by atoms with Crippen molar-refractivity contribution in [1.29, 1.82) is 0 Å². The van der Waals surface area contributed by atoms with Gasteiger partial charge in [-0.2, -0.15) is 0 Å². The predicted molar refractivity (Wildman–Crippen MR) is 120 cm³/mol. The number of nitrogens with zero attached hydrogens (tertiary/aromatic N) is 1. The summed E-state index contributed by atoms with van der Waals surface area (Å²) >= 11 is 6.26. The topological polar surface area (TPSA) is 58.6 Å². The van der Waals surface area contributed by atoms with Crippen LogP contribution in [0.5, 0.6) is 0 Å². The highest BCUT2D eigenvalue weighted by atomic mass is 35.5. The van der Waals surface area contributed by atoms with Crippen LogP contribution in [0.15, 0.2) is 48.5 Å². The van der Waals surface area contributed by atoms with Crippen LogP contribution in [-0.2, 0) is 16.1 Å². The molecule has 1 heterocycles. The number of rotatable bonds is 8. The summed E-state index contributed by atoms with van der Waals surface area (Å²) in [4.78, 5) is 26.9. The molecule has 160 valence electrons. The van der Waals surface area contributed by atoms with E-state index in [1.165, 1.54) is 0 Å². The average Bonchev–Trinajstić information content (AvgIpc) is 2.76. The molecular weight excluding hydrogens is 400 g/mol. The van der Waals surface area contributed by atoms with Crippen LogP contribution in [0.1, 0.15) is 48.5 Å². The molecule has 6 heteroatoms. The third kappa shape index (κ3) is 6.31. The van der Waals surface area contributed by atoms with Crippen molar-refractivity contribution >= 4 is 29.2 Å². The number of halogens is 1. The number of carbonyl (C=O) groups excluding carboxylic acids is 2. The van der Waals surface area contributed by atoms with Crippen molar-refractivity contribution in [1.82, 2.24) is 4.90 Å². The quantitative estimate of drug-likeness (QED) is 0.466. The summed E-state index contributed by atoms with van der Waals surface area (Å²) in [5.41, 5.74) is 2.32. The van der Waals surface area contributed by atoms with E-state index in [2.05, 4.69) is 10.2 Å². The number of carbonyl (C=O) groups is 2. The van der Waals surface area contributed by atoms with Crippen molar-refractivity contribution in [3.8, 4) is 0 Å². The third-order valence-electron chi connectivity index (χ3n) is 5.43. The van der Waals surface area contributed by atoms with E-state index in [1.807, 2.05) is 31.2 Å². The number of benzene rings is 2. The van der Waals surface area contributed by atoms with Crippen LogP contribution < -0.4 is 5.32 Å². The lowest BCUT2D eigenvalue weighted by Crippen LogP contribution is -2.37. The maximum absolute atomic E-state index is 12.6. The molecule has 0 saturated carbocycles. The fraction of sp³-hybridized carbons (Fsp3) is 0.417. The van der Waals surface area contributed by atoms with Crippen molar-refractivity contribution in [2.75, 3.05) is 25.0 Å². The number of anilines is 1. The van der Waals surface area contributed by atoms with Crippen molar-refractivity contribution in [3.05, 3.63) is 64.7 Å². The Morgan fingerprint density at radius 2 is 1.80 bits per heavy atom. The second-order valence-corrected chi connectivity index (χ2v) is 8.11. The second-order valence-electron chi connectivity index (χ2n) is 7.70. The largest absolute Gasteiger partial charge is 0.462 e. The Balaban J connectivity index is 1.45. The predicted octanol–water partition coefficient (Wildman–Crippen LogP) is 5.15. The summed E-state index contributed by atoms with van der Waals surface area (Å²) in [5.74, 6) is -0.302. The maximum atomic E-state index is 12.6. The van der Waals surface area contributed by atoms with Gasteiger partial charge in [0.1, 0.15) is 0 Å². The van der Waals surface area contributed by atoms with Crippen LogP contribution in [-0.4, -0.2) is 36.5 Å². The molecule has 2 aromatic carbocycles. The first kappa shape index (κ1) is 22.3. The molecular formula is C24H29ClN2O3. The molecule has 0 unspecified atom stereocenters. The Morgan fingerprint density at radius 3 is 2.47 bits per heavy atom. The number of ether oxygens (including phenoxy) is 1. The molecule has 0 atom stereocenters. The van der Waals surface area contributed by atoms with E-state index in [-0.39, 0.29) is 17.8 Å². The Labute approximate surface area is 183 Å². The van der Waals surface area contributed by atoms with E-state index in [0.29, 0.717) is 17.9 Å². The summed E-state index contributed by atoms with van der Waals surface area (Å²) in [6.45, 7) is 5.03. The first-order valence-electron chi connectivity index (χ1n) is 10.6. The standard InChI is InChI=1S/C24H29ClN2O3/c1-2-3-16-30-24(29)19-8-10-21(11-9-19)26-23(28)18-12-14-27(15-13-18)17-20-6-4-5-7-22(20)25/h4-11,18H,2-3,12-17H2,1H3,(H,26,28). The maximum Gasteiger partial charge on any atom is 0.338 e. The van der Waals surface area contributed by atoms with Gasteiger partial charge in [0.25, 0.3) is 0 Å². The van der Waals surface area contributed by atoms with Crippen LogP contribution in [0, 0.1) is 5.92 Å². The lowest BCUT2D eigenvalue weighted by atomic mass is 9.95. The number of nitrogens with one attached hydrogen (secondary N) is 1. The number of hydrogen-bond acceptors (Lipinski definition) is 4. The van der Waals surface area contributed by atoms with Crippen molar-refractivity contribution in [2.24, 2.45) is 5.92 Å². The van der Waals surface area contributed by atoms with Gasteiger partial charge in [0.2, 0.25) is 5.91 Å². The third-order valence-corrected chi connectivity index (χ3v) is 5.80. The van der Waals surface area contributed by atoms with Crippen LogP contribution in [0.4, 0.5) is 5.69 Å². The number of esters is 1. The van der Waals surface area contributed by atoms with E-state index in [1.54, 1.807) is 24.3 Å². The normalized spacial score (nSPS) is 15.0. The molecule has 0 aliphatic carbocycles. The molecule has 0 aromatic heterocycles. The minimum atomic E-state index is -0.327. The van der Waals surface area contributed by atoms with Gasteiger partial charge in [-0.1, -0.05) is 43.1 Å². The summed E-state index contributed by atoms with van der Waals surface area (Å²) < 4.78 is 5.21. The van der Waals surface area contributed by atoms with Gasteiger partial charge in [-0.3, -0.25) is 9.69 Å². The highest BCUT2D eigenvalue weighted by Crippen LogP contribution is 2.23. The SMILES string of the molecule is CCCCOC(=O)c1ccc(NC(=O)C2CCN(Cc3ccccc3Cl)CC2)cc1. The Hall–Kier alpha value is -2.37. The van der Waals surface area contributed by atoms with Crippen molar-refractivity contribution in [3.63, 3.8) is 0 Å².